The number of nitrogens with zero attached hydrogens (tertiary/aromatic N) is 2. The second-order valence-corrected chi connectivity index (χ2v) is 12.7. The van der Waals surface area contributed by atoms with Crippen molar-refractivity contribution >= 4 is 73.8 Å². The van der Waals surface area contributed by atoms with Gasteiger partial charge in [0, 0.05) is 0 Å². The Bertz CT molecular complexity index is 1500. The van der Waals surface area contributed by atoms with Gasteiger partial charge in [-0.05, 0) is 0 Å². The first kappa shape index (κ1) is 20.6. The Balaban J connectivity index is 1.41. The van der Waals surface area contributed by atoms with E-state index in [0.717, 1.165) is 41.1 Å². The number of thiol groups is 2. The van der Waals surface area contributed by atoms with E-state index < -0.39 is 0 Å². The minimum atomic E-state index is 0.178. The Morgan fingerprint density at radius 2 is 0.969 bits per heavy atom. The molecule has 32 heavy (non-hydrogen) atoms. The van der Waals surface area contributed by atoms with Crippen molar-refractivity contribution in [2.24, 2.45) is 0 Å². The van der Waals surface area contributed by atoms with Gasteiger partial charge in [-0.15, -0.1) is 0 Å². The number of rotatable bonds is 3. The molecule has 0 bridgehead atoms. The van der Waals surface area contributed by atoms with Crippen LogP contribution < -0.4 is 0 Å². The van der Waals surface area contributed by atoms with Crippen molar-refractivity contribution in [1.29, 1.82) is 0 Å². The van der Waals surface area contributed by atoms with Crippen LogP contribution in [0.1, 0.15) is 0 Å². The second kappa shape index (κ2) is 8.39. The molecule has 0 saturated carbocycles. The molecular formula is C26H16N2S2Se2. The topological polar surface area (TPSA) is 25.8 Å². The van der Waals surface area contributed by atoms with Crippen LogP contribution in [0, 0.1) is 0 Å². The Morgan fingerprint density at radius 1 is 0.531 bits per heavy atom. The van der Waals surface area contributed by atoms with Gasteiger partial charge in [0.05, 0.1) is 0 Å². The predicted octanol–water partition coefficient (Wildman–Crippen LogP) is 6.48. The normalized spacial score (nSPS) is 11.4. The van der Waals surface area contributed by atoms with Gasteiger partial charge in [0.1, 0.15) is 0 Å². The molecule has 154 valence electrons. The van der Waals surface area contributed by atoms with Crippen LogP contribution in [0.25, 0.3) is 50.9 Å². The molecule has 0 saturated heterocycles. The number of hydrogen-bond acceptors (Lipinski definition) is 4. The van der Waals surface area contributed by atoms with E-state index in [9.17, 15) is 0 Å². The fraction of sp³-hybridized carbons (Fsp3) is 0. The summed E-state index contributed by atoms with van der Waals surface area (Å²) in [5, 5.41) is 0. The van der Waals surface area contributed by atoms with E-state index >= 15 is 0 Å². The van der Waals surface area contributed by atoms with Gasteiger partial charge in [-0.1, -0.05) is 0 Å². The van der Waals surface area contributed by atoms with Crippen LogP contribution in [0.4, 0.5) is 0 Å². The van der Waals surface area contributed by atoms with E-state index in [1.54, 1.807) is 0 Å². The second-order valence-electron chi connectivity index (χ2n) is 7.44. The molecule has 0 aliphatic carbocycles. The van der Waals surface area contributed by atoms with Crippen molar-refractivity contribution in [3.8, 4) is 31.4 Å². The standard InChI is InChI=1S/C26H16N2S2Se2/c29-21-7-3-1-5-17(21)25-27-19-11-9-15(13-23(19)31-25)16-10-12-20-24(14-16)32-26(28-20)18-6-2-4-8-22(18)30/h1-14,29-30H. The summed E-state index contributed by atoms with van der Waals surface area (Å²) < 4.78 is 4.95. The third-order valence-corrected chi connectivity index (χ3v) is 10.6. The summed E-state index contributed by atoms with van der Waals surface area (Å²) in [4.78, 5) is 11.8. The van der Waals surface area contributed by atoms with Gasteiger partial charge in [-0.25, -0.2) is 0 Å². The van der Waals surface area contributed by atoms with Gasteiger partial charge in [0.25, 0.3) is 0 Å². The summed E-state index contributed by atoms with van der Waals surface area (Å²) >= 11 is 9.60. The third kappa shape index (κ3) is 3.71. The monoisotopic (exact) mass is 580 g/mol. The van der Waals surface area contributed by atoms with Gasteiger partial charge in [-0.3, -0.25) is 0 Å². The molecule has 2 nitrogen and oxygen atoms in total. The van der Waals surface area contributed by atoms with Crippen molar-refractivity contribution in [2.75, 3.05) is 0 Å². The van der Waals surface area contributed by atoms with Crippen LogP contribution >= 0.6 is 25.3 Å². The quantitative estimate of drug-likeness (QED) is 0.186. The van der Waals surface area contributed by atoms with Crippen molar-refractivity contribution in [3.05, 3.63) is 84.9 Å². The summed E-state index contributed by atoms with van der Waals surface area (Å²) in [5.74, 6) is 0. The number of aromatic nitrogens is 2. The van der Waals surface area contributed by atoms with E-state index in [0.29, 0.717) is 0 Å². The Labute approximate surface area is 208 Å². The summed E-state index contributed by atoms with van der Waals surface area (Å²) in [5.41, 5.74) is 6.93. The maximum absolute atomic E-state index is 4.90. The maximum atomic E-state index is 4.90. The molecule has 0 aliphatic heterocycles. The van der Waals surface area contributed by atoms with Crippen LogP contribution in [-0.2, 0) is 0 Å². The molecule has 0 radical (unpaired) electrons. The molecule has 0 aliphatic rings. The molecule has 0 N–H and O–H groups in total. The number of fused-ring (bicyclic) bond motifs is 2. The van der Waals surface area contributed by atoms with E-state index in [1.165, 1.54) is 19.6 Å². The summed E-state index contributed by atoms with van der Waals surface area (Å²) in [7, 11) is 0. The summed E-state index contributed by atoms with van der Waals surface area (Å²) in [6, 6.07) is 29.7. The van der Waals surface area contributed by atoms with Gasteiger partial charge in [0.2, 0.25) is 0 Å². The zero-order valence-electron chi connectivity index (χ0n) is 16.7. The first-order valence-corrected chi connectivity index (χ1v) is 14.4. The Morgan fingerprint density at radius 3 is 1.41 bits per heavy atom. The van der Waals surface area contributed by atoms with Crippen LogP contribution in [0.2, 0.25) is 0 Å². The third-order valence-electron chi connectivity index (χ3n) is 5.38. The van der Waals surface area contributed by atoms with Crippen LogP contribution in [0.15, 0.2) is 94.7 Å². The molecule has 6 rings (SSSR count). The zero-order valence-corrected chi connectivity index (χ0v) is 21.9. The first-order valence-electron chi connectivity index (χ1n) is 10.0. The van der Waals surface area contributed by atoms with Crippen molar-refractivity contribution in [1.82, 2.24) is 9.97 Å². The molecule has 2 heterocycles. The number of benzene rings is 4. The molecule has 6 aromatic rings. The molecule has 0 spiro atoms. The predicted molar refractivity (Wildman–Crippen MR) is 142 cm³/mol. The molecule has 4 aromatic carbocycles. The van der Waals surface area contributed by atoms with Gasteiger partial charge in [0.15, 0.2) is 0 Å². The average molecular weight is 578 g/mol. The van der Waals surface area contributed by atoms with Crippen molar-refractivity contribution in [3.63, 3.8) is 0 Å². The molecule has 0 amide bonds. The van der Waals surface area contributed by atoms with Crippen LogP contribution in [-0.4, -0.2) is 39.0 Å². The average Bonchev–Trinajstić information content (AvgIpc) is 3.42. The van der Waals surface area contributed by atoms with E-state index in [-0.39, 0.29) is 29.0 Å². The molecule has 0 fully saturated rings. The van der Waals surface area contributed by atoms with E-state index in [4.69, 9.17) is 9.97 Å². The van der Waals surface area contributed by atoms with Crippen molar-refractivity contribution < 1.29 is 0 Å². The van der Waals surface area contributed by atoms with Gasteiger partial charge in [-0.2, -0.15) is 0 Å². The molecular weight excluding hydrogens is 562 g/mol. The van der Waals surface area contributed by atoms with Gasteiger partial charge >= 0.3 is 210 Å². The Hall–Kier alpha value is -2.04. The van der Waals surface area contributed by atoms with Crippen LogP contribution in [0.5, 0.6) is 0 Å². The summed E-state index contributed by atoms with van der Waals surface area (Å²) in [6.07, 6.45) is 0. The molecule has 6 heteroatoms. The number of hydrogen-bond donors (Lipinski definition) is 2. The minimum absolute atomic E-state index is 0.178. The fourth-order valence-corrected chi connectivity index (χ4v) is 9.00. The SMILES string of the molecule is Sc1ccccc1-c1nc2ccc(-c3ccc4nc(-c5ccccc5S)[se]c4c3)cc2[se]1. The van der Waals surface area contributed by atoms with Crippen LogP contribution in [0.3, 0.4) is 0 Å². The zero-order chi connectivity index (χ0) is 21.7. The van der Waals surface area contributed by atoms with E-state index in [2.05, 4.69) is 85.9 Å². The van der Waals surface area contributed by atoms with E-state index in [1.807, 2.05) is 24.3 Å². The fourth-order valence-electron chi connectivity index (χ4n) is 3.75. The molecule has 0 atom stereocenters. The molecule has 2 aromatic heterocycles. The molecule has 0 unspecified atom stereocenters. The van der Waals surface area contributed by atoms with Gasteiger partial charge < -0.3 is 0 Å². The Kier molecular flexibility index (Phi) is 5.39. The first-order chi connectivity index (χ1) is 15.7. The van der Waals surface area contributed by atoms with Crippen molar-refractivity contribution in [2.45, 2.75) is 9.79 Å². The summed E-state index contributed by atoms with van der Waals surface area (Å²) in [6.45, 7) is 0.